The summed E-state index contributed by atoms with van der Waals surface area (Å²) in [7, 11) is 0. The highest BCUT2D eigenvalue weighted by Crippen LogP contribution is 2.32. The van der Waals surface area contributed by atoms with E-state index in [1.807, 2.05) is 4.68 Å². The lowest BCUT2D eigenvalue weighted by Crippen LogP contribution is -2.45. The van der Waals surface area contributed by atoms with Crippen LogP contribution in [-0.2, 0) is 11.2 Å². The average molecular weight is 279 g/mol. The molecule has 1 N–H and O–H groups in total. The summed E-state index contributed by atoms with van der Waals surface area (Å²) in [5.74, 6) is 0. The molecule has 0 saturated carbocycles. The van der Waals surface area contributed by atoms with Crippen molar-refractivity contribution in [3.05, 3.63) is 18.0 Å². The molecule has 0 radical (unpaired) electrons. The van der Waals surface area contributed by atoms with Crippen molar-refractivity contribution < 1.29 is 4.74 Å². The summed E-state index contributed by atoms with van der Waals surface area (Å²) in [4.78, 5) is 0. The molecule has 4 nitrogen and oxygen atoms in total. The van der Waals surface area contributed by atoms with E-state index in [0.29, 0.717) is 6.04 Å². The molecule has 4 heteroatoms. The third-order valence-corrected chi connectivity index (χ3v) is 3.93. The number of aromatic nitrogens is 2. The Morgan fingerprint density at radius 3 is 2.70 bits per heavy atom. The topological polar surface area (TPSA) is 39.1 Å². The van der Waals surface area contributed by atoms with Gasteiger partial charge < -0.3 is 10.1 Å². The van der Waals surface area contributed by atoms with Crippen molar-refractivity contribution >= 4 is 0 Å². The van der Waals surface area contributed by atoms with Gasteiger partial charge in [0, 0.05) is 42.8 Å². The van der Waals surface area contributed by atoms with Crippen LogP contribution in [-0.4, -0.2) is 35.1 Å². The maximum Gasteiger partial charge on any atom is 0.0631 e. The van der Waals surface area contributed by atoms with Gasteiger partial charge in [0.05, 0.1) is 12.3 Å². The average Bonchev–Trinajstić information content (AvgIpc) is 2.96. The summed E-state index contributed by atoms with van der Waals surface area (Å²) in [5.41, 5.74) is 1.52. The first kappa shape index (κ1) is 15.5. The van der Waals surface area contributed by atoms with E-state index in [0.717, 1.165) is 32.6 Å². The molecule has 1 unspecified atom stereocenters. The fourth-order valence-electron chi connectivity index (χ4n) is 2.59. The molecule has 1 aliphatic rings. The Morgan fingerprint density at radius 2 is 2.20 bits per heavy atom. The van der Waals surface area contributed by atoms with E-state index in [1.165, 1.54) is 5.69 Å². The van der Waals surface area contributed by atoms with E-state index in [1.54, 1.807) is 0 Å². The molecule has 2 rings (SSSR count). The van der Waals surface area contributed by atoms with Crippen LogP contribution < -0.4 is 5.32 Å². The molecule has 2 heterocycles. The lowest BCUT2D eigenvalue weighted by molar-refractivity contribution is 0.143. The molecular weight excluding hydrogens is 250 g/mol. The van der Waals surface area contributed by atoms with Gasteiger partial charge in [-0.1, -0.05) is 0 Å². The van der Waals surface area contributed by atoms with Gasteiger partial charge >= 0.3 is 0 Å². The molecular formula is C16H29N3O. The van der Waals surface area contributed by atoms with Crippen LogP contribution in [0.1, 0.15) is 52.8 Å². The highest BCUT2D eigenvalue weighted by atomic mass is 16.5. The van der Waals surface area contributed by atoms with Crippen molar-refractivity contribution in [2.24, 2.45) is 5.41 Å². The highest BCUT2D eigenvalue weighted by molar-refractivity contribution is 5.06. The minimum atomic E-state index is 0.146. The van der Waals surface area contributed by atoms with E-state index in [2.05, 4.69) is 52.2 Å². The third-order valence-electron chi connectivity index (χ3n) is 3.93. The van der Waals surface area contributed by atoms with Gasteiger partial charge in [0.2, 0.25) is 0 Å². The highest BCUT2D eigenvalue weighted by Gasteiger charge is 2.36. The predicted molar refractivity (Wildman–Crippen MR) is 81.9 cm³/mol. The first-order valence-corrected chi connectivity index (χ1v) is 7.67. The van der Waals surface area contributed by atoms with Gasteiger partial charge in [-0.2, -0.15) is 5.10 Å². The molecule has 114 valence electrons. The summed E-state index contributed by atoms with van der Waals surface area (Å²) in [6.45, 7) is 13.7. The van der Waals surface area contributed by atoms with Crippen molar-refractivity contribution in [1.82, 2.24) is 15.1 Å². The monoisotopic (exact) mass is 279 g/mol. The molecule has 0 bridgehead atoms. The maximum atomic E-state index is 5.68. The molecule has 0 amide bonds. The van der Waals surface area contributed by atoms with Gasteiger partial charge in [-0.05, 0) is 47.1 Å². The van der Waals surface area contributed by atoms with Gasteiger partial charge in [-0.15, -0.1) is 0 Å². The minimum Gasteiger partial charge on any atom is -0.381 e. The lowest BCUT2D eigenvalue weighted by atomic mass is 9.82. The van der Waals surface area contributed by atoms with Crippen molar-refractivity contribution in [2.75, 3.05) is 19.8 Å². The van der Waals surface area contributed by atoms with E-state index in [9.17, 15) is 0 Å². The molecule has 1 aromatic heterocycles. The van der Waals surface area contributed by atoms with Crippen LogP contribution >= 0.6 is 0 Å². The molecule has 0 aromatic carbocycles. The summed E-state index contributed by atoms with van der Waals surface area (Å²) < 4.78 is 7.72. The second kappa shape index (κ2) is 5.86. The van der Waals surface area contributed by atoms with Crippen LogP contribution in [0.2, 0.25) is 0 Å². The molecule has 20 heavy (non-hydrogen) atoms. The van der Waals surface area contributed by atoms with E-state index in [-0.39, 0.29) is 11.0 Å². The summed E-state index contributed by atoms with van der Waals surface area (Å²) in [6, 6.07) is 2.57. The zero-order chi connectivity index (χ0) is 14.8. The lowest BCUT2D eigenvalue weighted by Gasteiger charge is -2.31. The molecule has 1 saturated heterocycles. The molecule has 0 aliphatic carbocycles. The fourth-order valence-corrected chi connectivity index (χ4v) is 2.59. The standard InChI is InChI=1S/C16H29N3O/c1-13(2)19-8-6-14(18-19)10-16(7-9-20-12-16)11-17-15(3,4)5/h6,8,13,17H,7,9-12H2,1-5H3. The molecule has 1 fully saturated rings. The molecule has 1 aromatic rings. The van der Waals surface area contributed by atoms with Crippen molar-refractivity contribution in [3.8, 4) is 0 Å². The Labute approximate surface area is 122 Å². The minimum absolute atomic E-state index is 0.146. The van der Waals surface area contributed by atoms with Crippen LogP contribution in [0.15, 0.2) is 12.3 Å². The largest absolute Gasteiger partial charge is 0.381 e. The Bertz CT molecular complexity index is 425. The Morgan fingerprint density at radius 1 is 1.45 bits per heavy atom. The smallest absolute Gasteiger partial charge is 0.0631 e. The van der Waals surface area contributed by atoms with Gasteiger partial charge in [0.1, 0.15) is 0 Å². The summed E-state index contributed by atoms with van der Waals surface area (Å²) >= 11 is 0. The van der Waals surface area contributed by atoms with Crippen LogP contribution in [0.4, 0.5) is 0 Å². The second-order valence-corrected chi connectivity index (χ2v) is 7.46. The molecule has 0 spiro atoms. The quantitative estimate of drug-likeness (QED) is 0.901. The van der Waals surface area contributed by atoms with Crippen LogP contribution in [0.5, 0.6) is 0 Å². The van der Waals surface area contributed by atoms with Gasteiger partial charge in [-0.3, -0.25) is 4.68 Å². The van der Waals surface area contributed by atoms with E-state index in [4.69, 9.17) is 9.84 Å². The molecule has 1 aliphatic heterocycles. The predicted octanol–water partition coefficient (Wildman–Crippen LogP) is 2.80. The third kappa shape index (κ3) is 4.06. The fraction of sp³-hybridized carbons (Fsp3) is 0.812. The maximum absolute atomic E-state index is 5.68. The first-order chi connectivity index (χ1) is 9.30. The zero-order valence-corrected chi connectivity index (χ0v) is 13.6. The summed E-state index contributed by atoms with van der Waals surface area (Å²) in [6.07, 6.45) is 4.20. The van der Waals surface area contributed by atoms with Gasteiger partial charge in [0.25, 0.3) is 0 Å². The number of rotatable bonds is 5. The zero-order valence-electron chi connectivity index (χ0n) is 13.6. The number of nitrogens with zero attached hydrogens (tertiary/aromatic N) is 2. The second-order valence-electron chi connectivity index (χ2n) is 7.46. The number of hydrogen-bond acceptors (Lipinski definition) is 3. The van der Waals surface area contributed by atoms with Crippen LogP contribution in [0, 0.1) is 5.41 Å². The molecule has 1 atom stereocenters. The van der Waals surface area contributed by atoms with Crippen LogP contribution in [0.25, 0.3) is 0 Å². The Balaban J connectivity index is 2.04. The first-order valence-electron chi connectivity index (χ1n) is 7.67. The van der Waals surface area contributed by atoms with Crippen LogP contribution in [0.3, 0.4) is 0 Å². The normalized spacial score (nSPS) is 23.7. The number of nitrogens with one attached hydrogen (secondary N) is 1. The van der Waals surface area contributed by atoms with Gasteiger partial charge in [0.15, 0.2) is 0 Å². The Kier molecular flexibility index (Phi) is 4.55. The SMILES string of the molecule is CC(C)n1ccc(CC2(CNC(C)(C)C)CCOC2)n1. The van der Waals surface area contributed by atoms with Crippen molar-refractivity contribution in [3.63, 3.8) is 0 Å². The van der Waals surface area contributed by atoms with Crippen molar-refractivity contribution in [2.45, 2.75) is 59.0 Å². The van der Waals surface area contributed by atoms with Gasteiger partial charge in [-0.25, -0.2) is 0 Å². The van der Waals surface area contributed by atoms with Crippen molar-refractivity contribution in [1.29, 1.82) is 0 Å². The van der Waals surface area contributed by atoms with E-state index >= 15 is 0 Å². The number of ether oxygens (including phenoxy) is 1. The van der Waals surface area contributed by atoms with E-state index < -0.39 is 0 Å². The number of hydrogen-bond donors (Lipinski definition) is 1. The summed E-state index contributed by atoms with van der Waals surface area (Å²) in [5, 5.41) is 8.34. The Hall–Kier alpha value is -0.870.